The summed E-state index contributed by atoms with van der Waals surface area (Å²) in [5, 5.41) is 23.3. The highest BCUT2D eigenvalue weighted by Crippen LogP contribution is 2.22. The van der Waals surface area contributed by atoms with Crippen LogP contribution < -0.4 is 5.32 Å². The summed E-state index contributed by atoms with van der Waals surface area (Å²) in [4.78, 5) is 33.1. The molecule has 4 aromatic rings. The van der Waals surface area contributed by atoms with Crippen molar-refractivity contribution in [1.82, 2.24) is 19.8 Å². The molecule has 0 radical (unpaired) electrons. The van der Waals surface area contributed by atoms with E-state index in [0.717, 1.165) is 32.2 Å². The number of fused-ring (bicyclic) bond motifs is 1. The molecule has 3 atom stereocenters. The van der Waals surface area contributed by atoms with E-state index in [2.05, 4.69) is 14.9 Å². The van der Waals surface area contributed by atoms with Crippen molar-refractivity contribution in [2.24, 2.45) is 0 Å². The number of likely N-dealkylation sites (N-methyl/N-ethyl adjacent to an activating group) is 1. The Kier molecular flexibility index (Phi) is 7.83. The zero-order valence-electron chi connectivity index (χ0n) is 20.5. The minimum absolute atomic E-state index is 0.182. The maximum absolute atomic E-state index is 12.7. The number of aryl methyl sites for hydroxylation is 1. The molecule has 36 heavy (non-hydrogen) atoms. The van der Waals surface area contributed by atoms with E-state index in [1.54, 1.807) is 11.3 Å². The maximum Gasteiger partial charge on any atom is 0.254 e. The number of para-hydroxylation sites is 2. The van der Waals surface area contributed by atoms with Gasteiger partial charge in [-0.3, -0.25) is 9.59 Å². The Bertz CT molecular complexity index is 1350. The second-order valence-corrected chi connectivity index (χ2v) is 10.00. The summed E-state index contributed by atoms with van der Waals surface area (Å²) in [6, 6.07) is 20.9. The molecule has 0 fully saturated rings. The molecule has 0 spiro atoms. The molecule has 0 aliphatic rings. The smallest absolute Gasteiger partial charge is 0.254 e. The predicted octanol–water partition coefficient (Wildman–Crippen LogP) is 3.01. The van der Waals surface area contributed by atoms with Gasteiger partial charge in [-0.15, -0.1) is 11.3 Å². The van der Waals surface area contributed by atoms with Crippen LogP contribution in [-0.2, 0) is 22.7 Å². The number of benzene rings is 2. The Hall–Kier alpha value is -3.53. The van der Waals surface area contributed by atoms with Gasteiger partial charge in [0.15, 0.2) is 12.2 Å². The van der Waals surface area contributed by atoms with E-state index in [0.29, 0.717) is 6.54 Å². The number of nitrogens with one attached hydrogen (secondary N) is 1. The van der Waals surface area contributed by atoms with Crippen LogP contribution >= 0.6 is 11.3 Å². The summed E-state index contributed by atoms with van der Waals surface area (Å²) in [5.41, 5.74) is 2.89. The summed E-state index contributed by atoms with van der Waals surface area (Å²) >= 11 is 1.54. The van der Waals surface area contributed by atoms with E-state index < -0.39 is 24.0 Å². The van der Waals surface area contributed by atoms with Gasteiger partial charge in [0.25, 0.3) is 11.8 Å². The lowest BCUT2D eigenvalue weighted by Crippen LogP contribution is -2.50. The lowest BCUT2D eigenvalue weighted by Gasteiger charge is -2.28. The largest absolute Gasteiger partial charge is 0.380 e. The predicted molar refractivity (Wildman–Crippen MR) is 139 cm³/mol. The van der Waals surface area contributed by atoms with Gasteiger partial charge in [-0.25, -0.2) is 4.98 Å². The van der Waals surface area contributed by atoms with Gasteiger partial charge in [0, 0.05) is 16.8 Å². The van der Waals surface area contributed by atoms with E-state index >= 15 is 0 Å². The van der Waals surface area contributed by atoms with Crippen LogP contribution in [0, 0.1) is 6.92 Å². The molecule has 8 nitrogen and oxygen atoms in total. The topological polar surface area (TPSA) is 108 Å². The fourth-order valence-electron chi connectivity index (χ4n) is 4.07. The molecule has 2 amide bonds. The molecule has 0 saturated heterocycles. The Morgan fingerprint density at radius 1 is 1.00 bits per heavy atom. The number of aliphatic hydroxyl groups excluding tert-OH is 2. The number of hydrogen-bond acceptors (Lipinski definition) is 6. The van der Waals surface area contributed by atoms with Gasteiger partial charge in [-0.2, -0.15) is 0 Å². The zero-order valence-corrected chi connectivity index (χ0v) is 21.3. The number of carbonyl (C=O) groups excluding carboxylic acids is 2. The molecule has 2 heterocycles. The molecule has 0 saturated carbocycles. The van der Waals surface area contributed by atoms with Crippen LogP contribution in [0.15, 0.2) is 66.7 Å². The average Bonchev–Trinajstić information content (AvgIpc) is 3.49. The standard InChI is InChI=1S/C27H30N4O4S/c1-17(19-9-5-4-6-10-19)30(3)27(35)25(33)24(32)26(34)28-15-20-13-14-21(36-20)16-31-18(2)29-22-11-7-8-12-23(22)31/h4-14,17,24-25,32-33H,15-16H2,1-3H3,(H,28,34)/t17-,24-,25-/m1/s1. The first-order chi connectivity index (χ1) is 17.3. The van der Waals surface area contributed by atoms with Crippen molar-refractivity contribution in [3.63, 3.8) is 0 Å². The van der Waals surface area contributed by atoms with E-state index in [1.165, 1.54) is 11.9 Å². The zero-order chi connectivity index (χ0) is 25.8. The highest BCUT2D eigenvalue weighted by molar-refractivity contribution is 7.12. The Labute approximate surface area is 213 Å². The number of imidazole rings is 1. The lowest BCUT2D eigenvalue weighted by atomic mass is 10.1. The second kappa shape index (κ2) is 11.0. The molecule has 3 N–H and O–H groups in total. The van der Waals surface area contributed by atoms with Gasteiger partial charge in [0.2, 0.25) is 0 Å². The number of thiophene rings is 1. The molecule has 4 rings (SSSR count). The van der Waals surface area contributed by atoms with Crippen molar-refractivity contribution in [2.45, 2.75) is 45.2 Å². The van der Waals surface area contributed by atoms with Crippen molar-refractivity contribution in [3.8, 4) is 0 Å². The Balaban J connectivity index is 1.33. The number of rotatable bonds is 9. The second-order valence-electron chi connectivity index (χ2n) is 8.75. The van der Waals surface area contributed by atoms with Gasteiger partial charge in [-0.05, 0) is 43.7 Å². The summed E-state index contributed by atoms with van der Waals surface area (Å²) in [7, 11) is 1.53. The summed E-state index contributed by atoms with van der Waals surface area (Å²) in [5.74, 6) is -0.605. The molecule has 2 aromatic heterocycles. The number of aliphatic hydroxyl groups is 2. The number of nitrogens with zero attached hydrogens (tertiary/aromatic N) is 3. The van der Waals surface area contributed by atoms with Crippen LogP contribution in [0.25, 0.3) is 11.0 Å². The molecule has 188 valence electrons. The van der Waals surface area contributed by atoms with E-state index in [-0.39, 0.29) is 12.6 Å². The Morgan fingerprint density at radius 3 is 2.42 bits per heavy atom. The number of hydrogen-bond donors (Lipinski definition) is 3. The van der Waals surface area contributed by atoms with Crippen LogP contribution in [-0.4, -0.2) is 55.7 Å². The first-order valence-electron chi connectivity index (χ1n) is 11.7. The van der Waals surface area contributed by atoms with E-state index in [1.807, 2.05) is 80.6 Å². The average molecular weight is 507 g/mol. The fraction of sp³-hybridized carbons (Fsp3) is 0.296. The van der Waals surface area contributed by atoms with Crippen LogP contribution in [0.4, 0.5) is 0 Å². The SMILES string of the molecule is Cc1nc2ccccc2n1Cc1ccc(CNC(=O)[C@H](O)[C@@H](O)C(=O)N(C)[C@H](C)c2ccccc2)s1. The molecule has 0 aliphatic carbocycles. The minimum atomic E-state index is -1.87. The van der Waals surface area contributed by atoms with Crippen molar-refractivity contribution in [3.05, 3.63) is 87.9 Å². The van der Waals surface area contributed by atoms with E-state index in [9.17, 15) is 19.8 Å². The number of aromatic nitrogens is 2. The van der Waals surface area contributed by atoms with Crippen molar-refractivity contribution in [2.75, 3.05) is 7.05 Å². The lowest BCUT2D eigenvalue weighted by molar-refractivity contribution is -0.153. The van der Waals surface area contributed by atoms with Crippen molar-refractivity contribution < 1.29 is 19.8 Å². The first-order valence-corrected chi connectivity index (χ1v) is 12.5. The van der Waals surface area contributed by atoms with Gasteiger partial charge in [0.1, 0.15) is 5.82 Å². The fourth-order valence-corrected chi connectivity index (χ4v) is 5.01. The normalized spacial score (nSPS) is 13.8. The third-order valence-electron chi connectivity index (χ3n) is 6.34. The highest BCUT2D eigenvalue weighted by atomic mass is 32.1. The molecule has 0 aliphatic heterocycles. The minimum Gasteiger partial charge on any atom is -0.380 e. The van der Waals surface area contributed by atoms with Crippen molar-refractivity contribution in [1.29, 1.82) is 0 Å². The van der Waals surface area contributed by atoms with Gasteiger partial charge in [0.05, 0.1) is 30.2 Å². The van der Waals surface area contributed by atoms with Gasteiger partial charge in [-0.1, -0.05) is 42.5 Å². The van der Waals surface area contributed by atoms with Gasteiger partial charge < -0.3 is 25.0 Å². The number of carbonyl (C=O) groups is 2. The first kappa shape index (κ1) is 25.6. The molecule has 0 bridgehead atoms. The molecule has 0 unspecified atom stereocenters. The number of amides is 2. The summed E-state index contributed by atoms with van der Waals surface area (Å²) in [6.45, 7) is 4.63. The van der Waals surface area contributed by atoms with Crippen LogP contribution in [0.2, 0.25) is 0 Å². The Morgan fingerprint density at radius 2 is 1.67 bits per heavy atom. The molecule has 9 heteroatoms. The quantitative estimate of drug-likeness (QED) is 0.324. The van der Waals surface area contributed by atoms with Gasteiger partial charge >= 0.3 is 0 Å². The van der Waals surface area contributed by atoms with Crippen molar-refractivity contribution >= 4 is 34.2 Å². The summed E-state index contributed by atoms with van der Waals surface area (Å²) < 4.78 is 2.14. The third kappa shape index (κ3) is 5.48. The summed E-state index contributed by atoms with van der Waals surface area (Å²) in [6.07, 6.45) is -3.74. The van der Waals surface area contributed by atoms with Crippen LogP contribution in [0.5, 0.6) is 0 Å². The monoisotopic (exact) mass is 506 g/mol. The third-order valence-corrected chi connectivity index (χ3v) is 7.41. The molecule has 2 aromatic carbocycles. The van der Waals surface area contributed by atoms with Crippen LogP contribution in [0.3, 0.4) is 0 Å². The van der Waals surface area contributed by atoms with E-state index in [4.69, 9.17) is 0 Å². The highest BCUT2D eigenvalue weighted by Gasteiger charge is 2.33. The molecular formula is C27H30N4O4S. The maximum atomic E-state index is 12.7. The molecular weight excluding hydrogens is 476 g/mol. The van der Waals surface area contributed by atoms with Crippen LogP contribution in [0.1, 0.15) is 34.1 Å².